The van der Waals surface area contributed by atoms with Crippen LogP contribution in [0.25, 0.3) is 0 Å². The van der Waals surface area contributed by atoms with Crippen LogP contribution >= 0.6 is 0 Å². The maximum atomic E-state index is 10.4. The number of oxime groups is 1. The number of carbonyl (C=O) groups is 1. The number of nitrogens with two attached hydrogens (primary N) is 1. The lowest BCUT2D eigenvalue weighted by Gasteiger charge is -2.17. The highest BCUT2D eigenvalue weighted by atomic mass is 16.7. The average Bonchev–Trinajstić information content (AvgIpc) is 2.33. The van der Waals surface area contributed by atoms with E-state index in [1.54, 1.807) is 6.92 Å². The Morgan fingerprint density at radius 1 is 2.00 bits per heavy atom. The summed E-state index contributed by atoms with van der Waals surface area (Å²) in [5, 5.41) is 11.9. The van der Waals surface area contributed by atoms with Gasteiger partial charge in [0, 0.05) is 13.0 Å². The minimum atomic E-state index is -1.04. The zero-order valence-corrected chi connectivity index (χ0v) is 6.20. The van der Waals surface area contributed by atoms with Crippen molar-refractivity contribution in [3.8, 4) is 0 Å². The third-order valence-electron chi connectivity index (χ3n) is 1.60. The molecule has 62 valence electrons. The molecule has 5 nitrogen and oxygen atoms in total. The molecule has 0 fully saturated rings. The Labute approximate surface area is 63.8 Å². The monoisotopic (exact) mass is 158 g/mol. The summed E-state index contributed by atoms with van der Waals surface area (Å²) in [5.41, 5.74) is 4.76. The first-order valence-electron chi connectivity index (χ1n) is 3.26. The van der Waals surface area contributed by atoms with Crippen LogP contribution in [-0.2, 0) is 9.63 Å². The van der Waals surface area contributed by atoms with E-state index in [-0.39, 0.29) is 18.7 Å². The molecule has 1 atom stereocenters. The van der Waals surface area contributed by atoms with E-state index >= 15 is 0 Å². The van der Waals surface area contributed by atoms with Crippen molar-refractivity contribution in [2.75, 3.05) is 6.54 Å². The largest absolute Gasteiger partial charge is 0.477 e. The Bertz CT molecular complexity index is 214. The Kier molecular flexibility index (Phi) is 1.82. The maximum Gasteiger partial charge on any atom is 0.353 e. The number of carboxylic acid groups (broad SMARTS) is 1. The van der Waals surface area contributed by atoms with Gasteiger partial charge < -0.3 is 15.7 Å². The molecule has 0 saturated heterocycles. The molecule has 3 N–H and O–H groups in total. The second kappa shape index (κ2) is 2.50. The molecule has 1 rings (SSSR count). The van der Waals surface area contributed by atoms with Gasteiger partial charge in [0.1, 0.15) is 0 Å². The van der Waals surface area contributed by atoms with Gasteiger partial charge in [-0.1, -0.05) is 5.16 Å². The predicted octanol–water partition coefficient (Wildman–Crippen LogP) is -0.435. The molecular formula is C6H10N2O3. The zero-order valence-electron chi connectivity index (χ0n) is 6.20. The van der Waals surface area contributed by atoms with Crippen LogP contribution < -0.4 is 5.73 Å². The molecule has 0 bridgehead atoms. The molecular weight excluding hydrogens is 148 g/mol. The minimum absolute atomic E-state index is 0.0398. The van der Waals surface area contributed by atoms with E-state index in [2.05, 4.69) is 5.16 Å². The van der Waals surface area contributed by atoms with E-state index in [1.165, 1.54) is 0 Å². The van der Waals surface area contributed by atoms with Crippen LogP contribution in [0.1, 0.15) is 13.3 Å². The van der Waals surface area contributed by atoms with Crippen molar-refractivity contribution in [1.82, 2.24) is 0 Å². The van der Waals surface area contributed by atoms with Crippen LogP contribution in [0.15, 0.2) is 5.16 Å². The quantitative estimate of drug-likeness (QED) is 0.570. The van der Waals surface area contributed by atoms with Gasteiger partial charge in [0.05, 0.1) is 0 Å². The SMILES string of the molecule is CC1(CN)CC(C(=O)O)=NO1. The third-order valence-corrected chi connectivity index (χ3v) is 1.60. The van der Waals surface area contributed by atoms with Gasteiger partial charge in [-0.05, 0) is 6.92 Å². The topological polar surface area (TPSA) is 84.9 Å². The van der Waals surface area contributed by atoms with Gasteiger partial charge in [0.15, 0.2) is 11.3 Å². The van der Waals surface area contributed by atoms with E-state index in [0.29, 0.717) is 0 Å². The summed E-state index contributed by atoms with van der Waals surface area (Å²) in [7, 11) is 0. The van der Waals surface area contributed by atoms with Crippen LogP contribution in [0.4, 0.5) is 0 Å². The lowest BCUT2D eigenvalue weighted by Crippen LogP contribution is -2.35. The molecule has 0 aromatic carbocycles. The molecule has 11 heavy (non-hydrogen) atoms. The van der Waals surface area contributed by atoms with Crippen molar-refractivity contribution in [3.05, 3.63) is 0 Å². The maximum absolute atomic E-state index is 10.4. The molecule has 0 aliphatic carbocycles. The molecule has 5 heteroatoms. The normalized spacial score (nSPS) is 29.5. The lowest BCUT2D eigenvalue weighted by atomic mass is 10.0. The number of nitrogens with zero attached hydrogens (tertiary/aromatic N) is 1. The standard InChI is InChI=1S/C6H10N2O3/c1-6(3-7)2-4(5(9)10)8-11-6/h2-3,7H2,1H3,(H,9,10). The molecule has 1 unspecified atom stereocenters. The van der Waals surface area contributed by atoms with Crippen molar-refractivity contribution in [1.29, 1.82) is 0 Å². The first kappa shape index (κ1) is 8.00. The van der Waals surface area contributed by atoms with E-state index in [9.17, 15) is 4.79 Å². The van der Waals surface area contributed by atoms with Crippen molar-refractivity contribution < 1.29 is 14.7 Å². The van der Waals surface area contributed by atoms with Gasteiger partial charge >= 0.3 is 5.97 Å². The summed E-state index contributed by atoms with van der Waals surface area (Å²) < 4.78 is 0. The number of carboxylic acids is 1. The Hall–Kier alpha value is -1.10. The van der Waals surface area contributed by atoms with Crippen LogP contribution in [0.5, 0.6) is 0 Å². The van der Waals surface area contributed by atoms with Crippen molar-refractivity contribution in [3.63, 3.8) is 0 Å². The number of hydrogen-bond donors (Lipinski definition) is 2. The highest BCUT2D eigenvalue weighted by molar-refractivity contribution is 6.36. The van der Waals surface area contributed by atoms with Crippen molar-refractivity contribution >= 4 is 11.7 Å². The molecule has 0 saturated carbocycles. The zero-order chi connectivity index (χ0) is 8.48. The number of rotatable bonds is 2. The Morgan fingerprint density at radius 2 is 2.64 bits per heavy atom. The minimum Gasteiger partial charge on any atom is -0.477 e. The summed E-state index contributed by atoms with van der Waals surface area (Å²) >= 11 is 0. The van der Waals surface area contributed by atoms with E-state index < -0.39 is 11.6 Å². The molecule has 0 aromatic heterocycles. The summed E-state index contributed by atoms with van der Waals surface area (Å²) in [6.07, 6.45) is 0.277. The van der Waals surface area contributed by atoms with E-state index in [0.717, 1.165) is 0 Å². The van der Waals surface area contributed by atoms with Crippen LogP contribution in [0, 0.1) is 0 Å². The number of aliphatic carboxylic acids is 1. The molecule has 1 heterocycles. The predicted molar refractivity (Wildman–Crippen MR) is 38.2 cm³/mol. The van der Waals surface area contributed by atoms with Crippen molar-refractivity contribution in [2.45, 2.75) is 18.9 Å². The first-order chi connectivity index (χ1) is 5.07. The van der Waals surface area contributed by atoms with Gasteiger partial charge in [-0.3, -0.25) is 0 Å². The second-order valence-electron chi connectivity index (χ2n) is 2.77. The van der Waals surface area contributed by atoms with Gasteiger partial charge in [-0.15, -0.1) is 0 Å². The molecule has 0 aromatic rings. The molecule has 0 radical (unpaired) electrons. The fourth-order valence-corrected chi connectivity index (χ4v) is 0.808. The summed E-state index contributed by atoms with van der Waals surface area (Å²) in [6.45, 7) is 2.00. The van der Waals surface area contributed by atoms with Gasteiger partial charge in [0.25, 0.3) is 0 Å². The molecule has 1 aliphatic rings. The van der Waals surface area contributed by atoms with Gasteiger partial charge in [-0.2, -0.15) is 0 Å². The molecule has 0 spiro atoms. The average molecular weight is 158 g/mol. The Morgan fingerprint density at radius 3 is 2.91 bits per heavy atom. The van der Waals surface area contributed by atoms with Crippen LogP contribution in [-0.4, -0.2) is 28.9 Å². The first-order valence-corrected chi connectivity index (χ1v) is 3.26. The summed E-state index contributed by atoms with van der Waals surface area (Å²) in [5.74, 6) is -1.04. The number of hydrogen-bond acceptors (Lipinski definition) is 4. The summed E-state index contributed by atoms with van der Waals surface area (Å²) in [4.78, 5) is 15.2. The smallest absolute Gasteiger partial charge is 0.353 e. The second-order valence-corrected chi connectivity index (χ2v) is 2.77. The van der Waals surface area contributed by atoms with E-state index in [1.807, 2.05) is 0 Å². The highest BCUT2D eigenvalue weighted by Crippen LogP contribution is 2.21. The Balaban J connectivity index is 2.62. The highest BCUT2D eigenvalue weighted by Gasteiger charge is 2.35. The van der Waals surface area contributed by atoms with Crippen LogP contribution in [0.2, 0.25) is 0 Å². The van der Waals surface area contributed by atoms with Crippen molar-refractivity contribution in [2.24, 2.45) is 10.9 Å². The lowest BCUT2D eigenvalue weighted by molar-refractivity contribution is -0.129. The molecule has 0 amide bonds. The molecule has 1 aliphatic heterocycles. The van der Waals surface area contributed by atoms with E-state index in [4.69, 9.17) is 15.7 Å². The van der Waals surface area contributed by atoms with Crippen LogP contribution in [0.3, 0.4) is 0 Å². The fourth-order valence-electron chi connectivity index (χ4n) is 0.808. The van der Waals surface area contributed by atoms with Gasteiger partial charge in [-0.25, -0.2) is 4.79 Å². The third kappa shape index (κ3) is 1.48. The van der Waals surface area contributed by atoms with Gasteiger partial charge in [0.2, 0.25) is 0 Å². The summed E-state index contributed by atoms with van der Waals surface area (Å²) in [6, 6.07) is 0. The fraction of sp³-hybridized carbons (Fsp3) is 0.667.